The van der Waals surface area contributed by atoms with Crippen LogP contribution in [0.3, 0.4) is 0 Å². The van der Waals surface area contributed by atoms with Crippen LogP contribution in [0, 0.1) is 0 Å². The Morgan fingerprint density at radius 1 is 1.47 bits per heavy atom. The highest BCUT2D eigenvalue weighted by Gasteiger charge is 2.16. The quantitative estimate of drug-likeness (QED) is 0.587. The Morgan fingerprint density at radius 2 is 2.18 bits per heavy atom. The standard InChI is InChI=1S/C12H13BrF2O2/c1-2-17-11-4-3-8(12(14)15)7-9(11)10(16)5-6-13/h3-4,7,12H,2,5-6H2,1H3. The van der Waals surface area contributed by atoms with Crippen LogP contribution in [0.5, 0.6) is 5.75 Å². The third kappa shape index (κ3) is 3.77. The van der Waals surface area contributed by atoms with Crippen LogP contribution in [0.2, 0.25) is 0 Å². The predicted octanol–water partition coefficient (Wildman–Crippen LogP) is 3.99. The fraction of sp³-hybridized carbons (Fsp3) is 0.417. The molecule has 0 aliphatic rings. The van der Waals surface area contributed by atoms with Gasteiger partial charge in [0.25, 0.3) is 6.43 Å². The number of alkyl halides is 3. The van der Waals surface area contributed by atoms with E-state index >= 15 is 0 Å². The lowest BCUT2D eigenvalue weighted by atomic mass is 10.0. The molecule has 0 aromatic heterocycles. The second-order valence-electron chi connectivity index (χ2n) is 3.35. The summed E-state index contributed by atoms with van der Waals surface area (Å²) in [5.41, 5.74) is 0.0653. The highest BCUT2D eigenvalue weighted by molar-refractivity contribution is 9.09. The molecule has 2 nitrogen and oxygen atoms in total. The average molecular weight is 307 g/mol. The van der Waals surface area contributed by atoms with Crippen molar-refractivity contribution in [3.63, 3.8) is 0 Å². The smallest absolute Gasteiger partial charge is 0.263 e. The van der Waals surface area contributed by atoms with Crippen molar-refractivity contribution in [1.29, 1.82) is 0 Å². The number of carbonyl (C=O) groups excluding carboxylic acids is 1. The molecule has 5 heteroatoms. The molecule has 1 aromatic rings. The van der Waals surface area contributed by atoms with Gasteiger partial charge >= 0.3 is 0 Å². The molecule has 0 saturated heterocycles. The third-order valence-corrected chi connectivity index (χ3v) is 2.57. The van der Waals surface area contributed by atoms with E-state index in [1.807, 2.05) is 0 Å². The molecule has 0 N–H and O–H groups in total. The summed E-state index contributed by atoms with van der Waals surface area (Å²) in [6.45, 7) is 2.17. The predicted molar refractivity (Wildman–Crippen MR) is 65.3 cm³/mol. The summed E-state index contributed by atoms with van der Waals surface area (Å²) in [4.78, 5) is 11.8. The second-order valence-corrected chi connectivity index (χ2v) is 4.14. The van der Waals surface area contributed by atoms with Gasteiger partial charge in [0.1, 0.15) is 5.75 Å². The molecule has 0 spiro atoms. The van der Waals surface area contributed by atoms with Crippen molar-refractivity contribution in [3.05, 3.63) is 29.3 Å². The van der Waals surface area contributed by atoms with Crippen LogP contribution < -0.4 is 4.74 Å². The number of hydrogen-bond donors (Lipinski definition) is 0. The van der Waals surface area contributed by atoms with Gasteiger partial charge in [-0.1, -0.05) is 15.9 Å². The molecular formula is C12H13BrF2O2. The van der Waals surface area contributed by atoms with Crippen molar-refractivity contribution < 1.29 is 18.3 Å². The Morgan fingerprint density at radius 3 is 2.71 bits per heavy atom. The van der Waals surface area contributed by atoms with Crippen LogP contribution in [0.15, 0.2) is 18.2 Å². The molecule has 1 aromatic carbocycles. The lowest BCUT2D eigenvalue weighted by Gasteiger charge is -2.10. The maximum absolute atomic E-state index is 12.6. The summed E-state index contributed by atoms with van der Waals surface area (Å²) in [5, 5.41) is 0.496. The van der Waals surface area contributed by atoms with E-state index in [0.717, 1.165) is 0 Å². The number of halogens is 3. The highest BCUT2D eigenvalue weighted by atomic mass is 79.9. The molecule has 0 heterocycles. The minimum atomic E-state index is -2.58. The number of benzene rings is 1. The lowest BCUT2D eigenvalue weighted by Crippen LogP contribution is -2.05. The van der Waals surface area contributed by atoms with E-state index in [9.17, 15) is 13.6 Å². The number of ether oxygens (including phenoxy) is 1. The van der Waals surface area contributed by atoms with Crippen molar-refractivity contribution in [3.8, 4) is 5.75 Å². The molecular weight excluding hydrogens is 294 g/mol. The summed E-state index contributed by atoms with van der Waals surface area (Å²) >= 11 is 3.15. The molecule has 0 radical (unpaired) electrons. The van der Waals surface area contributed by atoms with Crippen molar-refractivity contribution in [2.24, 2.45) is 0 Å². The van der Waals surface area contributed by atoms with Crippen molar-refractivity contribution in [2.75, 3.05) is 11.9 Å². The fourth-order valence-electron chi connectivity index (χ4n) is 1.40. The summed E-state index contributed by atoms with van der Waals surface area (Å²) in [6, 6.07) is 3.91. The summed E-state index contributed by atoms with van der Waals surface area (Å²) in [5.74, 6) is 0.163. The number of ketones is 1. The Balaban J connectivity index is 3.10. The van der Waals surface area contributed by atoms with E-state index in [1.165, 1.54) is 18.2 Å². The van der Waals surface area contributed by atoms with Crippen molar-refractivity contribution in [2.45, 2.75) is 19.8 Å². The largest absolute Gasteiger partial charge is 0.493 e. The topological polar surface area (TPSA) is 26.3 Å². The van der Waals surface area contributed by atoms with Gasteiger partial charge in [0.15, 0.2) is 5.78 Å². The average Bonchev–Trinajstić information content (AvgIpc) is 2.30. The van der Waals surface area contributed by atoms with E-state index in [-0.39, 0.29) is 23.3 Å². The van der Waals surface area contributed by atoms with Gasteiger partial charge in [-0.25, -0.2) is 8.78 Å². The first-order chi connectivity index (χ1) is 8.10. The zero-order valence-electron chi connectivity index (χ0n) is 9.38. The Hall–Kier alpha value is -0.970. The first-order valence-electron chi connectivity index (χ1n) is 5.24. The van der Waals surface area contributed by atoms with E-state index in [0.29, 0.717) is 17.7 Å². The molecule has 0 atom stereocenters. The zero-order chi connectivity index (χ0) is 12.8. The first-order valence-corrected chi connectivity index (χ1v) is 6.36. The van der Waals surface area contributed by atoms with Gasteiger partial charge in [0.2, 0.25) is 0 Å². The molecule has 0 aliphatic heterocycles. The number of hydrogen-bond acceptors (Lipinski definition) is 2. The molecule has 17 heavy (non-hydrogen) atoms. The third-order valence-electron chi connectivity index (χ3n) is 2.18. The number of Topliss-reactive ketones (excluding diaryl/α,β-unsaturated/α-hetero) is 1. The van der Waals surface area contributed by atoms with Gasteiger partial charge in [0.05, 0.1) is 12.2 Å². The van der Waals surface area contributed by atoms with Gasteiger partial charge in [0, 0.05) is 17.3 Å². The molecule has 0 fully saturated rings. The van der Waals surface area contributed by atoms with E-state index in [1.54, 1.807) is 6.92 Å². The van der Waals surface area contributed by atoms with Gasteiger partial charge < -0.3 is 4.74 Å². The van der Waals surface area contributed by atoms with Crippen LogP contribution >= 0.6 is 15.9 Å². The van der Waals surface area contributed by atoms with Crippen LogP contribution in [0.25, 0.3) is 0 Å². The van der Waals surface area contributed by atoms with Crippen LogP contribution in [-0.4, -0.2) is 17.7 Å². The van der Waals surface area contributed by atoms with E-state index in [2.05, 4.69) is 15.9 Å². The monoisotopic (exact) mass is 306 g/mol. The van der Waals surface area contributed by atoms with Crippen LogP contribution in [-0.2, 0) is 0 Å². The SMILES string of the molecule is CCOc1ccc(C(F)F)cc1C(=O)CCBr. The van der Waals surface area contributed by atoms with Crippen LogP contribution in [0.4, 0.5) is 8.78 Å². The minimum absolute atomic E-state index is 0.161. The Kier molecular flexibility index (Phi) is 5.55. The van der Waals surface area contributed by atoms with Crippen molar-refractivity contribution >= 4 is 21.7 Å². The summed E-state index contributed by atoms with van der Waals surface area (Å²) in [7, 11) is 0. The Bertz CT molecular complexity index is 394. The summed E-state index contributed by atoms with van der Waals surface area (Å²) < 4.78 is 30.4. The molecule has 0 amide bonds. The second kappa shape index (κ2) is 6.69. The molecule has 0 bridgehead atoms. The van der Waals surface area contributed by atoms with Gasteiger partial charge in [-0.3, -0.25) is 4.79 Å². The minimum Gasteiger partial charge on any atom is -0.493 e. The first kappa shape index (κ1) is 14.1. The number of carbonyl (C=O) groups is 1. The number of rotatable bonds is 6. The molecule has 0 aliphatic carbocycles. The molecule has 0 unspecified atom stereocenters. The molecule has 1 rings (SSSR count). The maximum atomic E-state index is 12.6. The van der Waals surface area contributed by atoms with Gasteiger partial charge in [-0.15, -0.1) is 0 Å². The summed E-state index contributed by atoms with van der Waals surface area (Å²) in [6.07, 6.45) is -2.33. The molecule has 94 valence electrons. The van der Waals surface area contributed by atoms with Crippen LogP contribution in [0.1, 0.15) is 35.7 Å². The van der Waals surface area contributed by atoms with Gasteiger partial charge in [-0.2, -0.15) is 0 Å². The lowest BCUT2D eigenvalue weighted by molar-refractivity contribution is 0.0985. The highest BCUT2D eigenvalue weighted by Crippen LogP contribution is 2.27. The van der Waals surface area contributed by atoms with E-state index < -0.39 is 6.43 Å². The van der Waals surface area contributed by atoms with Gasteiger partial charge in [-0.05, 0) is 25.1 Å². The maximum Gasteiger partial charge on any atom is 0.263 e. The molecule has 0 saturated carbocycles. The Labute approximate surface area is 107 Å². The van der Waals surface area contributed by atoms with Crippen molar-refractivity contribution in [1.82, 2.24) is 0 Å². The fourth-order valence-corrected chi connectivity index (χ4v) is 1.76. The normalized spacial score (nSPS) is 10.6. The van der Waals surface area contributed by atoms with E-state index in [4.69, 9.17) is 4.74 Å². The zero-order valence-corrected chi connectivity index (χ0v) is 11.0.